The van der Waals surface area contributed by atoms with E-state index in [1.807, 2.05) is 30.1 Å². The summed E-state index contributed by atoms with van der Waals surface area (Å²) in [6, 6.07) is 0. The molecule has 1 heterocycles. The molecule has 17 heavy (non-hydrogen) atoms. The zero-order valence-corrected chi connectivity index (χ0v) is 10.6. The van der Waals surface area contributed by atoms with Gasteiger partial charge in [0.25, 0.3) is 0 Å². The Balaban J connectivity index is 2.18. The molecule has 0 aromatic carbocycles. The van der Waals surface area contributed by atoms with E-state index >= 15 is 0 Å². The fraction of sp³-hybridized carbons (Fsp3) is 0.500. The molecule has 0 spiro atoms. The Kier molecular flexibility index (Phi) is 5.42. The molecule has 0 amide bonds. The van der Waals surface area contributed by atoms with Crippen LogP contribution >= 0.6 is 0 Å². The number of carbonyl (C=O) groups excluding carboxylic acids is 1. The van der Waals surface area contributed by atoms with Gasteiger partial charge in [-0.2, -0.15) is 5.10 Å². The highest BCUT2D eigenvalue weighted by Gasteiger charge is 2.00. The van der Waals surface area contributed by atoms with E-state index in [9.17, 15) is 4.79 Å². The summed E-state index contributed by atoms with van der Waals surface area (Å²) in [5.41, 5.74) is 1.78. The van der Waals surface area contributed by atoms with Crippen molar-refractivity contribution >= 4 is 5.97 Å². The van der Waals surface area contributed by atoms with Gasteiger partial charge in [0, 0.05) is 24.9 Å². The van der Waals surface area contributed by atoms with E-state index < -0.39 is 0 Å². The summed E-state index contributed by atoms with van der Waals surface area (Å²) in [6.07, 6.45) is 5.65. The van der Waals surface area contributed by atoms with Gasteiger partial charge in [0.15, 0.2) is 0 Å². The predicted molar refractivity (Wildman–Crippen MR) is 65.6 cm³/mol. The summed E-state index contributed by atoms with van der Waals surface area (Å²) in [7, 11) is 1.38. The first-order valence-electron chi connectivity index (χ1n) is 5.58. The number of rotatable bonds is 6. The van der Waals surface area contributed by atoms with Gasteiger partial charge in [-0.25, -0.2) is 4.79 Å². The quantitative estimate of drug-likeness (QED) is 0.454. The van der Waals surface area contributed by atoms with Gasteiger partial charge in [-0.15, -0.1) is 0 Å². The van der Waals surface area contributed by atoms with Gasteiger partial charge >= 0.3 is 5.97 Å². The molecule has 0 aliphatic heterocycles. The fourth-order valence-electron chi connectivity index (χ4n) is 1.35. The topological polar surface area (TPSA) is 56.1 Å². The third kappa shape index (κ3) is 4.82. The van der Waals surface area contributed by atoms with Crippen LogP contribution in [-0.4, -0.2) is 35.9 Å². The molecular weight excluding hydrogens is 218 g/mol. The van der Waals surface area contributed by atoms with Crippen LogP contribution in [0.4, 0.5) is 0 Å². The maximum absolute atomic E-state index is 11.1. The van der Waals surface area contributed by atoms with E-state index in [0.29, 0.717) is 12.1 Å². The lowest BCUT2D eigenvalue weighted by molar-refractivity contribution is -0.136. The zero-order chi connectivity index (χ0) is 12.7. The van der Waals surface area contributed by atoms with E-state index in [0.717, 1.165) is 18.7 Å². The van der Waals surface area contributed by atoms with E-state index in [4.69, 9.17) is 0 Å². The van der Waals surface area contributed by atoms with Gasteiger partial charge < -0.3 is 10.1 Å². The second kappa shape index (κ2) is 6.85. The van der Waals surface area contributed by atoms with Crippen molar-refractivity contribution in [3.05, 3.63) is 29.6 Å². The molecule has 0 atom stereocenters. The van der Waals surface area contributed by atoms with E-state index in [-0.39, 0.29) is 5.97 Å². The van der Waals surface area contributed by atoms with Crippen LogP contribution in [0.3, 0.4) is 0 Å². The number of methoxy groups -OCH3 is 1. The highest BCUT2D eigenvalue weighted by molar-refractivity contribution is 5.87. The molecule has 5 heteroatoms. The van der Waals surface area contributed by atoms with Crippen molar-refractivity contribution in [3.63, 3.8) is 0 Å². The SMILES string of the molecule is COC(=O)/C(C)=C/CNCCn1cc(C)cn1. The van der Waals surface area contributed by atoms with Crippen LogP contribution in [0.25, 0.3) is 0 Å². The van der Waals surface area contributed by atoms with Crippen LogP contribution in [0.1, 0.15) is 12.5 Å². The van der Waals surface area contributed by atoms with Crippen molar-refractivity contribution in [2.75, 3.05) is 20.2 Å². The normalized spacial score (nSPS) is 11.6. The Morgan fingerprint density at radius 3 is 3.00 bits per heavy atom. The molecule has 0 radical (unpaired) electrons. The zero-order valence-electron chi connectivity index (χ0n) is 10.6. The highest BCUT2D eigenvalue weighted by atomic mass is 16.5. The van der Waals surface area contributed by atoms with Gasteiger partial charge in [0.1, 0.15) is 0 Å². The summed E-state index contributed by atoms with van der Waals surface area (Å²) >= 11 is 0. The average Bonchev–Trinajstić information content (AvgIpc) is 2.73. The van der Waals surface area contributed by atoms with E-state index in [1.165, 1.54) is 7.11 Å². The standard InChI is InChI=1S/C12H19N3O2/c1-10-8-14-15(9-10)7-6-13-5-4-11(2)12(16)17-3/h4,8-9,13H,5-7H2,1-3H3/b11-4+. The Bertz CT molecular complexity index is 396. The predicted octanol–water partition coefficient (Wildman–Crippen LogP) is 0.900. The molecule has 0 aliphatic carbocycles. The third-order valence-corrected chi connectivity index (χ3v) is 2.34. The van der Waals surface area contributed by atoms with Crippen molar-refractivity contribution in [1.29, 1.82) is 0 Å². The van der Waals surface area contributed by atoms with Gasteiger partial charge in [-0.1, -0.05) is 6.08 Å². The van der Waals surface area contributed by atoms with Crippen LogP contribution in [-0.2, 0) is 16.1 Å². The van der Waals surface area contributed by atoms with Crippen molar-refractivity contribution in [2.24, 2.45) is 0 Å². The van der Waals surface area contributed by atoms with Crippen molar-refractivity contribution in [1.82, 2.24) is 15.1 Å². The lowest BCUT2D eigenvalue weighted by atomic mass is 10.3. The summed E-state index contributed by atoms with van der Waals surface area (Å²) in [4.78, 5) is 11.1. The Morgan fingerprint density at radius 1 is 1.65 bits per heavy atom. The van der Waals surface area contributed by atoms with Gasteiger partial charge in [0.2, 0.25) is 0 Å². The first-order chi connectivity index (χ1) is 8.13. The highest BCUT2D eigenvalue weighted by Crippen LogP contribution is 1.94. The number of hydrogen-bond acceptors (Lipinski definition) is 4. The second-order valence-corrected chi connectivity index (χ2v) is 3.86. The minimum Gasteiger partial charge on any atom is -0.466 e. The van der Waals surface area contributed by atoms with Crippen molar-refractivity contribution < 1.29 is 9.53 Å². The Morgan fingerprint density at radius 2 is 2.41 bits per heavy atom. The summed E-state index contributed by atoms with van der Waals surface area (Å²) in [5, 5.41) is 7.39. The number of nitrogens with zero attached hydrogens (tertiary/aromatic N) is 2. The molecule has 5 nitrogen and oxygen atoms in total. The van der Waals surface area contributed by atoms with Gasteiger partial charge in [-0.05, 0) is 19.4 Å². The summed E-state index contributed by atoms with van der Waals surface area (Å²) < 4.78 is 6.48. The van der Waals surface area contributed by atoms with Crippen LogP contribution in [0, 0.1) is 6.92 Å². The average molecular weight is 237 g/mol. The Hall–Kier alpha value is -1.62. The lowest BCUT2D eigenvalue weighted by Gasteiger charge is -2.03. The third-order valence-electron chi connectivity index (χ3n) is 2.34. The second-order valence-electron chi connectivity index (χ2n) is 3.86. The number of carbonyl (C=O) groups is 1. The largest absolute Gasteiger partial charge is 0.466 e. The molecule has 0 fully saturated rings. The van der Waals surface area contributed by atoms with E-state index in [2.05, 4.69) is 15.2 Å². The van der Waals surface area contributed by atoms with Crippen LogP contribution in [0.5, 0.6) is 0 Å². The number of ether oxygens (including phenoxy) is 1. The summed E-state index contributed by atoms with van der Waals surface area (Å²) in [6.45, 7) is 6.04. The molecule has 0 aliphatic rings. The van der Waals surface area contributed by atoms with Crippen LogP contribution in [0.15, 0.2) is 24.0 Å². The van der Waals surface area contributed by atoms with Crippen LogP contribution in [0.2, 0.25) is 0 Å². The maximum atomic E-state index is 11.1. The van der Waals surface area contributed by atoms with Gasteiger partial charge in [0.05, 0.1) is 19.9 Å². The monoisotopic (exact) mass is 237 g/mol. The smallest absolute Gasteiger partial charge is 0.333 e. The van der Waals surface area contributed by atoms with Crippen LogP contribution < -0.4 is 5.32 Å². The molecular formula is C12H19N3O2. The molecule has 1 rings (SSSR count). The molecule has 0 saturated carbocycles. The molecule has 0 bridgehead atoms. The molecule has 0 unspecified atom stereocenters. The first kappa shape index (κ1) is 13.4. The fourth-order valence-corrected chi connectivity index (χ4v) is 1.35. The van der Waals surface area contributed by atoms with E-state index in [1.54, 1.807) is 6.92 Å². The Labute approximate surface area is 101 Å². The minimum atomic E-state index is -0.283. The van der Waals surface area contributed by atoms with Gasteiger partial charge in [-0.3, -0.25) is 4.68 Å². The molecule has 1 aromatic heterocycles. The number of nitrogens with one attached hydrogen (secondary N) is 1. The first-order valence-corrected chi connectivity index (χ1v) is 5.58. The maximum Gasteiger partial charge on any atom is 0.333 e. The molecule has 1 N–H and O–H groups in total. The number of aromatic nitrogens is 2. The lowest BCUT2D eigenvalue weighted by Crippen LogP contribution is -2.20. The number of aryl methyl sites for hydroxylation is 1. The minimum absolute atomic E-state index is 0.283. The molecule has 1 aromatic rings. The van der Waals surface area contributed by atoms with Crippen molar-refractivity contribution in [3.8, 4) is 0 Å². The molecule has 0 saturated heterocycles. The molecule has 94 valence electrons. The van der Waals surface area contributed by atoms with Crippen molar-refractivity contribution in [2.45, 2.75) is 20.4 Å². The number of hydrogen-bond donors (Lipinski definition) is 1. The summed E-state index contributed by atoms with van der Waals surface area (Å²) in [5.74, 6) is -0.283. The number of esters is 1.